The first kappa shape index (κ1) is 16.8. The summed E-state index contributed by atoms with van der Waals surface area (Å²) in [5.41, 5.74) is 0.860. The molecule has 0 saturated carbocycles. The van der Waals surface area contributed by atoms with Crippen LogP contribution >= 0.6 is 11.6 Å². The van der Waals surface area contributed by atoms with Gasteiger partial charge in [0.25, 0.3) is 0 Å². The van der Waals surface area contributed by atoms with Gasteiger partial charge in [0.05, 0.1) is 5.88 Å². The van der Waals surface area contributed by atoms with E-state index in [9.17, 15) is 8.42 Å². The van der Waals surface area contributed by atoms with E-state index in [-0.39, 0.29) is 0 Å². The van der Waals surface area contributed by atoms with Gasteiger partial charge in [0.15, 0.2) is 0 Å². The van der Waals surface area contributed by atoms with Gasteiger partial charge >= 0.3 is 0 Å². The minimum Gasteiger partial charge on any atom is -0.349 e. The molecule has 0 atom stereocenters. The van der Waals surface area contributed by atoms with Crippen molar-refractivity contribution < 1.29 is 8.42 Å². The number of aromatic nitrogens is 1. The highest BCUT2D eigenvalue weighted by Gasteiger charge is 2.30. The summed E-state index contributed by atoms with van der Waals surface area (Å²) in [4.78, 5) is 0.383. The summed E-state index contributed by atoms with van der Waals surface area (Å²) in [5.74, 6) is 1.02. The van der Waals surface area contributed by atoms with Gasteiger partial charge in [-0.1, -0.05) is 19.8 Å². The van der Waals surface area contributed by atoms with Crippen molar-refractivity contribution in [1.29, 1.82) is 0 Å². The van der Waals surface area contributed by atoms with Crippen molar-refractivity contribution in [1.82, 2.24) is 8.87 Å². The Kier molecular flexibility index (Phi) is 5.74. The summed E-state index contributed by atoms with van der Waals surface area (Å²) in [6, 6.07) is 1.71. The van der Waals surface area contributed by atoms with Gasteiger partial charge in [0.2, 0.25) is 10.0 Å². The molecule has 0 bridgehead atoms. The molecular formula is C15H25ClN2O2S. The maximum atomic E-state index is 12.7. The lowest BCUT2D eigenvalue weighted by Crippen LogP contribution is -2.38. The van der Waals surface area contributed by atoms with Crippen molar-refractivity contribution in [2.24, 2.45) is 5.92 Å². The van der Waals surface area contributed by atoms with Crippen LogP contribution in [0.25, 0.3) is 0 Å². The van der Waals surface area contributed by atoms with Gasteiger partial charge in [-0.25, -0.2) is 8.42 Å². The Morgan fingerprint density at radius 1 is 1.29 bits per heavy atom. The Labute approximate surface area is 133 Å². The fourth-order valence-electron chi connectivity index (χ4n) is 3.07. The Morgan fingerprint density at radius 3 is 2.43 bits per heavy atom. The van der Waals surface area contributed by atoms with Gasteiger partial charge in [-0.05, 0) is 31.7 Å². The Bertz CT molecular complexity index is 539. The van der Waals surface area contributed by atoms with E-state index in [1.54, 1.807) is 16.6 Å². The number of nitrogens with zero attached hydrogens (tertiary/aromatic N) is 2. The monoisotopic (exact) mass is 332 g/mol. The lowest BCUT2D eigenvalue weighted by Gasteiger charge is -2.30. The third-order valence-electron chi connectivity index (χ3n) is 4.35. The molecule has 0 radical (unpaired) electrons. The molecule has 0 N–H and O–H groups in total. The topological polar surface area (TPSA) is 42.3 Å². The molecule has 0 spiro atoms. The van der Waals surface area contributed by atoms with Crippen molar-refractivity contribution in [3.63, 3.8) is 0 Å². The largest absolute Gasteiger partial charge is 0.349 e. The first-order valence-electron chi connectivity index (χ1n) is 7.78. The average molecular weight is 333 g/mol. The molecule has 120 valence electrons. The van der Waals surface area contributed by atoms with Gasteiger partial charge in [-0.15, -0.1) is 11.6 Å². The van der Waals surface area contributed by atoms with Crippen molar-refractivity contribution in [2.75, 3.05) is 13.1 Å². The smallest absolute Gasteiger partial charge is 0.244 e. The molecule has 0 aromatic carbocycles. The minimum absolute atomic E-state index is 0.335. The van der Waals surface area contributed by atoms with Crippen LogP contribution in [-0.2, 0) is 22.4 Å². The van der Waals surface area contributed by atoms with Gasteiger partial charge in [0.1, 0.15) is 4.90 Å². The molecule has 0 aliphatic carbocycles. The summed E-state index contributed by atoms with van der Waals surface area (Å²) in [6.45, 7) is 6.18. The zero-order valence-electron chi connectivity index (χ0n) is 12.9. The quantitative estimate of drug-likeness (QED) is 0.749. The van der Waals surface area contributed by atoms with Crippen molar-refractivity contribution >= 4 is 21.6 Å². The molecule has 1 aliphatic heterocycles. The highest BCUT2D eigenvalue weighted by molar-refractivity contribution is 7.89. The zero-order chi connectivity index (χ0) is 15.5. The van der Waals surface area contributed by atoms with E-state index in [4.69, 9.17) is 11.6 Å². The Balaban J connectivity index is 2.13. The number of hydrogen-bond acceptors (Lipinski definition) is 2. The maximum absolute atomic E-state index is 12.7. The average Bonchev–Trinajstić information content (AvgIpc) is 2.92. The standard InChI is InChI=1S/C15H25ClN2O2S/c1-3-5-13-6-8-18(9-7-13)21(19,20)15-10-14(11-16)17(4-2)12-15/h10,12-13H,3-9,11H2,1-2H3. The van der Waals surface area contributed by atoms with Crippen LogP contribution in [0.3, 0.4) is 0 Å². The van der Waals surface area contributed by atoms with E-state index in [0.29, 0.717) is 29.8 Å². The maximum Gasteiger partial charge on any atom is 0.244 e. The first-order chi connectivity index (χ1) is 10.0. The van der Waals surface area contributed by atoms with Crippen LogP contribution in [0.1, 0.15) is 45.2 Å². The van der Waals surface area contributed by atoms with Crippen LogP contribution in [0.4, 0.5) is 0 Å². The van der Waals surface area contributed by atoms with E-state index in [0.717, 1.165) is 25.1 Å². The highest BCUT2D eigenvalue weighted by atomic mass is 35.5. The zero-order valence-corrected chi connectivity index (χ0v) is 14.5. The molecule has 4 nitrogen and oxygen atoms in total. The predicted molar refractivity (Wildman–Crippen MR) is 86.1 cm³/mol. The lowest BCUT2D eigenvalue weighted by atomic mass is 9.94. The van der Waals surface area contributed by atoms with Crippen molar-refractivity contribution in [2.45, 2.75) is 56.9 Å². The molecule has 1 saturated heterocycles. The van der Waals surface area contributed by atoms with E-state index < -0.39 is 10.0 Å². The molecule has 1 fully saturated rings. The molecule has 1 aromatic heterocycles. The van der Waals surface area contributed by atoms with Gasteiger partial charge in [0, 0.05) is 31.5 Å². The molecule has 1 aromatic rings. The lowest BCUT2D eigenvalue weighted by molar-refractivity contribution is 0.262. The molecule has 6 heteroatoms. The number of sulfonamides is 1. The summed E-state index contributed by atoms with van der Waals surface area (Å²) < 4.78 is 29.0. The van der Waals surface area contributed by atoms with E-state index >= 15 is 0 Å². The molecule has 2 rings (SSSR count). The fourth-order valence-corrected chi connectivity index (χ4v) is 4.83. The van der Waals surface area contributed by atoms with Gasteiger partial charge in [-0.3, -0.25) is 0 Å². The van der Waals surface area contributed by atoms with Gasteiger partial charge in [-0.2, -0.15) is 4.31 Å². The third kappa shape index (κ3) is 3.63. The third-order valence-corrected chi connectivity index (χ3v) is 6.48. The van der Waals surface area contributed by atoms with Crippen LogP contribution < -0.4 is 0 Å². The number of halogens is 1. The number of aryl methyl sites for hydroxylation is 1. The predicted octanol–water partition coefficient (Wildman–Crippen LogP) is 3.45. The highest BCUT2D eigenvalue weighted by Crippen LogP contribution is 2.27. The second-order valence-corrected chi connectivity index (χ2v) is 7.93. The van der Waals surface area contributed by atoms with Crippen molar-refractivity contribution in [3.05, 3.63) is 18.0 Å². The molecule has 2 heterocycles. The Morgan fingerprint density at radius 2 is 1.95 bits per heavy atom. The minimum atomic E-state index is -3.37. The normalized spacial score (nSPS) is 18.2. The number of alkyl halides is 1. The molecule has 1 aliphatic rings. The molecule has 0 amide bonds. The second-order valence-electron chi connectivity index (χ2n) is 5.72. The summed E-state index contributed by atoms with van der Waals surface area (Å²) >= 11 is 5.88. The van der Waals surface area contributed by atoms with Crippen LogP contribution in [-0.4, -0.2) is 30.4 Å². The van der Waals surface area contributed by atoms with Crippen LogP contribution in [0.5, 0.6) is 0 Å². The summed E-state index contributed by atoms with van der Waals surface area (Å²) in [6.07, 6.45) is 6.05. The first-order valence-corrected chi connectivity index (χ1v) is 9.75. The molecule has 0 unspecified atom stereocenters. The molecular weight excluding hydrogens is 308 g/mol. The summed E-state index contributed by atoms with van der Waals surface area (Å²) in [5, 5.41) is 0. The van der Waals surface area contributed by atoms with E-state index in [1.165, 1.54) is 12.8 Å². The van der Waals surface area contributed by atoms with E-state index in [1.807, 2.05) is 11.5 Å². The number of rotatable bonds is 6. The Hall–Kier alpha value is -0.520. The van der Waals surface area contributed by atoms with E-state index in [2.05, 4.69) is 6.92 Å². The van der Waals surface area contributed by atoms with Crippen LogP contribution in [0, 0.1) is 5.92 Å². The number of hydrogen-bond donors (Lipinski definition) is 0. The summed E-state index contributed by atoms with van der Waals surface area (Å²) in [7, 11) is -3.37. The van der Waals surface area contributed by atoms with Gasteiger partial charge < -0.3 is 4.57 Å². The fraction of sp³-hybridized carbons (Fsp3) is 0.733. The second kappa shape index (κ2) is 7.16. The number of piperidine rings is 1. The van der Waals surface area contributed by atoms with Crippen LogP contribution in [0.15, 0.2) is 17.2 Å². The SMILES string of the molecule is CCCC1CCN(S(=O)(=O)c2cc(CCl)n(CC)c2)CC1. The van der Waals surface area contributed by atoms with Crippen molar-refractivity contribution in [3.8, 4) is 0 Å². The molecule has 21 heavy (non-hydrogen) atoms. The van der Waals surface area contributed by atoms with Crippen LogP contribution in [0.2, 0.25) is 0 Å².